The minimum atomic E-state index is -3.87. The summed E-state index contributed by atoms with van der Waals surface area (Å²) >= 11 is 0. The molecule has 0 amide bonds. The first kappa shape index (κ1) is 14.5. The number of hydrogen-bond donors (Lipinski definition) is 2. The molecule has 2 aromatic carbocycles. The SMILES string of the molecule is Cc1c(F)cccc1NS(=O)(=O)c1ccccc1CO. The molecule has 0 aromatic heterocycles. The molecule has 106 valence electrons. The summed E-state index contributed by atoms with van der Waals surface area (Å²) in [5.41, 5.74) is 0.685. The molecule has 20 heavy (non-hydrogen) atoms. The van der Waals surface area contributed by atoms with Gasteiger partial charge in [0.05, 0.1) is 17.2 Å². The molecule has 0 aliphatic heterocycles. The second kappa shape index (κ2) is 5.60. The lowest BCUT2D eigenvalue weighted by atomic mass is 10.2. The lowest BCUT2D eigenvalue weighted by Crippen LogP contribution is -2.16. The van der Waals surface area contributed by atoms with E-state index in [0.29, 0.717) is 0 Å². The lowest BCUT2D eigenvalue weighted by molar-refractivity contribution is 0.278. The molecule has 0 saturated heterocycles. The molecule has 2 aromatic rings. The molecule has 2 rings (SSSR count). The van der Waals surface area contributed by atoms with Gasteiger partial charge in [0.15, 0.2) is 0 Å². The van der Waals surface area contributed by atoms with Gasteiger partial charge in [-0.3, -0.25) is 4.72 Å². The highest BCUT2D eigenvalue weighted by atomic mass is 32.2. The van der Waals surface area contributed by atoms with E-state index in [1.807, 2.05) is 0 Å². The largest absolute Gasteiger partial charge is 0.392 e. The average Bonchev–Trinajstić information content (AvgIpc) is 2.43. The summed E-state index contributed by atoms with van der Waals surface area (Å²) in [6.45, 7) is 1.10. The molecule has 0 fully saturated rings. The van der Waals surface area contributed by atoms with Crippen molar-refractivity contribution in [2.24, 2.45) is 0 Å². The third kappa shape index (κ3) is 2.81. The predicted molar refractivity (Wildman–Crippen MR) is 74.3 cm³/mol. The van der Waals surface area contributed by atoms with Gasteiger partial charge in [-0.1, -0.05) is 24.3 Å². The van der Waals surface area contributed by atoms with Crippen LogP contribution >= 0.6 is 0 Å². The Labute approximate surface area is 116 Å². The monoisotopic (exact) mass is 295 g/mol. The van der Waals surface area contributed by atoms with Gasteiger partial charge < -0.3 is 5.11 Å². The van der Waals surface area contributed by atoms with Gasteiger partial charge in [0.2, 0.25) is 0 Å². The molecular weight excluding hydrogens is 281 g/mol. The van der Waals surface area contributed by atoms with Crippen LogP contribution < -0.4 is 4.72 Å². The van der Waals surface area contributed by atoms with E-state index in [1.165, 1.54) is 37.3 Å². The number of aliphatic hydroxyl groups is 1. The maximum absolute atomic E-state index is 13.4. The zero-order chi connectivity index (χ0) is 14.8. The molecule has 0 bridgehead atoms. The number of halogens is 1. The number of hydrogen-bond acceptors (Lipinski definition) is 3. The highest BCUT2D eigenvalue weighted by Gasteiger charge is 2.19. The smallest absolute Gasteiger partial charge is 0.262 e. The van der Waals surface area contributed by atoms with Crippen LogP contribution in [0.4, 0.5) is 10.1 Å². The second-order valence-corrected chi connectivity index (χ2v) is 5.93. The summed E-state index contributed by atoms with van der Waals surface area (Å²) in [4.78, 5) is -0.0221. The molecule has 4 nitrogen and oxygen atoms in total. The first-order valence-electron chi connectivity index (χ1n) is 5.92. The Morgan fingerprint density at radius 1 is 1.15 bits per heavy atom. The number of sulfonamides is 1. The van der Waals surface area contributed by atoms with Gasteiger partial charge in [0, 0.05) is 5.56 Å². The normalized spacial score (nSPS) is 11.3. The summed E-state index contributed by atoms with van der Waals surface area (Å²) in [7, 11) is -3.87. The Kier molecular flexibility index (Phi) is 4.06. The molecule has 0 aliphatic carbocycles. The molecular formula is C14H14FNO3S. The number of aliphatic hydroxyl groups excluding tert-OH is 1. The standard InChI is InChI=1S/C14H14FNO3S/c1-10-12(15)6-4-7-13(10)16-20(18,19)14-8-3-2-5-11(14)9-17/h2-8,16-17H,9H2,1H3. The van der Waals surface area contributed by atoms with Crippen LogP contribution in [0.3, 0.4) is 0 Å². The van der Waals surface area contributed by atoms with Crippen molar-refractivity contribution in [3.63, 3.8) is 0 Å². The molecule has 0 unspecified atom stereocenters. The molecule has 0 spiro atoms. The van der Waals surface area contributed by atoms with Crippen LogP contribution in [-0.4, -0.2) is 13.5 Å². The Balaban J connectivity index is 2.44. The highest BCUT2D eigenvalue weighted by molar-refractivity contribution is 7.92. The van der Waals surface area contributed by atoms with E-state index in [0.717, 1.165) is 0 Å². The molecule has 6 heteroatoms. The predicted octanol–water partition coefficient (Wildman–Crippen LogP) is 2.43. The Morgan fingerprint density at radius 2 is 1.85 bits per heavy atom. The minimum Gasteiger partial charge on any atom is -0.392 e. The molecule has 0 atom stereocenters. The fourth-order valence-corrected chi connectivity index (χ4v) is 3.17. The third-order valence-electron chi connectivity index (χ3n) is 2.94. The second-order valence-electron chi connectivity index (χ2n) is 4.28. The Morgan fingerprint density at radius 3 is 2.55 bits per heavy atom. The zero-order valence-corrected chi connectivity index (χ0v) is 11.6. The van der Waals surface area contributed by atoms with Gasteiger partial charge in [-0.05, 0) is 30.7 Å². The molecule has 0 saturated carbocycles. The number of nitrogens with one attached hydrogen (secondary N) is 1. The lowest BCUT2D eigenvalue weighted by Gasteiger charge is -2.13. The Hall–Kier alpha value is -1.92. The van der Waals surface area contributed by atoms with Crippen molar-refractivity contribution in [3.8, 4) is 0 Å². The summed E-state index contributed by atoms with van der Waals surface area (Å²) < 4.78 is 40.4. The van der Waals surface area contributed by atoms with Crippen molar-refractivity contribution < 1.29 is 17.9 Å². The Bertz CT molecular complexity index is 729. The van der Waals surface area contributed by atoms with Crippen LogP contribution in [0.1, 0.15) is 11.1 Å². The van der Waals surface area contributed by atoms with Gasteiger partial charge in [0.1, 0.15) is 5.82 Å². The van der Waals surface area contributed by atoms with Gasteiger partial charge >= 0.3 is 0 Å². The van der Waals surface area contributed by atoms with Gasteiger partial charge in [-0.15, -0.1) is 0 Å². The van der Waals surface area contributed by atoms with E-state index < -0.39 is 15.8 Å². The van der Waals surface area contributed by atoms with Crippen molar-refractivity contribution in [2.45, 2.75) is 18.4 Å². The van der Waals surface area contributed by atoms with Crippen LogP contribution in [0, 0.1) is 12.7 Å². The van der Waals surface area contributed by atoms with Crippen LogP contribution in [-0.2, 0) is 16.6 Å². The van der Waals surface area contributed by atoms with E-state index in [4.69, 9.17) is 0 Å². The number of benzene rings is 2. The number of anilines is 1. The highest BCUT2D eigenvalue weighted by Crippen LogP contribution is 2.23. The summed E-state index contributed by atoms with van der Waals surface area (Å²) in [6.07, 6.45) is 0. The van der Waals surface area contributed by atoms with Crippen molar-refractivity contribution in [2.75, 3.05) is 4.72 Å². The first-order chi connectivity index (χ1) is 9.45. The number of rotatable bonds is 4. The average molecular weight is 295 g/mol. The van der Waals surface area contributed by atoms with Crippen molar-refractivity contribution in [1.29, 1.82) is 0 Å². The summed E-state index contributed by atoms with van der Waals surface area (Å²) in [5.74, 6) is -0.486. The van der Waals surface area contributed by atoms with E-state index in [2.05, 4.69) is 4.72 Å². The van der Waals surface area contributed by atoms with E-state index >= 15 is 0 Å². The fourth-order valence-electron chi connectivity index (χ4n) is 1.81. The van der Waals surface area contributed by atoms with Gasteiger partial charge in [-0.2, -0.15) is 0 Å². The van der Waals surface area contributed by atoms with Crippen molar-refractivity contribution in [1.82, 2.24) is 0 Å². The van der Waals surface area contributed by atoms with E-state index in [9.17, 15) is 17.9 Å². The van der Waals surface area contributed by atoms with Crippen LogP contribution in [0.2, 0.25) is 0 Å². The van der Waals surface area contributed by atoms with Crippen LogP contribution in [0.5, 0.6) is 0 Å². The maximum Gasteiger partial charge on any atom is 0.262 e. The van der Waals surface area contributed by atoms with Crippen LogP contribution in [0.25, 0.3) is 0 Å². The molecule has 0 radical (unpaired) electrons. The van der Waals surface area contributed by atoms with Crippen LogP contribution in [0.15, 0.2) is 47.4 Å². The summed E-state index contributed by atoms with van der Waals surface area (Å²) in [5, 5.41) is 9.19. The topological polar surface area (TPSA) is 66.4 Å². The maximum atomic E-state index is 13.4. The molecule has 0 heterocycles. The van der Waals surface area contributed by atoms with Gasteiger partial charge in [-0.25, -0.2) is 12.8 Å². The fraction of sp³-hybridized carbons (Fsp3) is 0.143. The van der Waals surface area contributed by atoms with Crippen molar-refractivity contribution in [3.05, 3.63) is 59.4 Å². The quantitative estimate of drug-likeness (QED) is 0.910. The van der Waals surface area contributed by atoms with E-state index in [1.54, 1.807) is 12.1 Å². The third-order valence-corrected chi connectivity index (χ3v) is 4.41. The van der Waals surface area contributed by atoms with Gasteiger partial charge in [0.25, 0.3) is 10.0 Å². The van der Waals surface area contributed by atoms with Crippen molar-refractivity contribution >= 4 is 15.7 Å². The zero-order valence-electron chi connectivity index (χ0n) is 10.8. The molecule has 2 N–H and O–H groups in total. The van der Waals surface area contributed by atoms with E-state index in [-0.39, 0.29) is 28.3 Å². The summed E-state index contributed by atoms with van der Waals surface area (Å²) in [6, 6.07) is 10.3. The first-order valence-corrected chi connectivity index (χ1v) is 7.40. The molecule has 0 aliphatic rings. The minimum absolute atomic E-state index is 0.0221.